The van der Waals surface area contributed by atoms with E-state index in [0.717, 1.165) is 25.7 Å². The van der Waals surface area contributed by atoms with Crippen LogP contribution in [0.3, 0.4) is 0 Å². The van der Waals surface area contributed by atoms with Crippen LogP contribution in [0.2, 0.25) is 0 Å². The smallest absolute Gasteiger partial charge is 0.289 e. The van der Waals surface area contributed by atoms with Crippen LogP contribution in [0.1, 0.15) is 57.9 Å². The highest BCUT2D eigenvalue weighted by Crippen LogP contribution is 2.30. The third-order valence-electron chi connectivity index (χ3n) is 4.33. The molecule has 2 heterocycles. The summed E-state index contributed by atoms with van der Waals surface area (Å²) in [4.78, 5) is 26.3. The fourth-order valence-electron chi connectivity index (χ4n) is 3.10. The van der Waals surface area contributed by atoms with Crippen molar-refractivity contribution in [1.29, 1.82) is 0 Å². The topological polar surface area (TPSA) is 76.5 Å². The molecule has 0 aromatic carbocycles. The number of aryl methyl sites for hydroxylation is 1. The molecule has 116 valence electrons. The first-order valence-corrected chi connectivity index (χ1v) is 7.28. The zero-order chi connectivity index (χ0) is 14.3. The number of amides is 1. The SMILES string of the molecule is Cc1c(C(=O)N2CCC(N)CC2)oc2c1C(=O)CCC2.Cl. The molecule has 2 aliphatic rings. The number of carbonyl (C=O) groups excluding carboxylic acids is 2. The van der Waals surface area contributed by atoms with Gasteiger partial charge >= 0.3 is 0 Å². The molecule has 0 unspecified atom stereocenters. The van der Waals surface area contributed by atoms with Gasteiger partial charge in [-0.05, 0) is 26.2 Å². The Balaban J connectivity index is 0.00000161. The van der Waals surface area contributed by atoms with E-state index in [1.165, 1.54) is 0 Å². The first-order chi connectivity index (χ1) is 9.58. The minimum Gasteiger partial charge on any atom is -0.455 e. The normalized spacial score (nSPS) is 19.1. The van der Waals surface area contributed by atoms with Gasteiger partial charge in [-0.15, -0.1) is 12.4 Å². The lowest BCUT2D eigenvalue weighted by molar-refractivity contribution is 0.0679. The molecule has 1 amide bonds. The number of piperidine rings is 1. The van der Waals surface area contributed by atoms with E-state index in [0.29, 0.717) is 42.2 Å². The van der Waals surface area contributed by atoms with E-state index in [1.807, 2.05) is 6.92 Å². The number of furan rings is 1. The van der Waals surface area contributed by atoms with Crippen LogP contribution in [0.15, 0.2) is 4.42 Å². The predicted molar refractivity (Wildman–Crippen MR) is 81.1 cm³/mol. The number of halogens is 1. The van der Waals surface area contributed by atoms with Gasteiger partial charge in [0.25, 0.3) is 5.91 Å². The molecule has 1 fully saturated rings. The maximum absolute atomic E-state index is 12.5. The van der Waals surface area contributed by atoms with E-state index >= 15 is 0 Å². The molecule has 5 nitrogen and oxygen atoms in total. The summed E-state index contributed by atoms with van der Waals surface area (Å²) in [6.45, 7) is 3.14. The molecule has 1 saturated heterocycles. The summed E-state index contributed by atoms with van der Waals surface area (Å²) in [6, 6.07) is 0.187. The van der Waals surface area contributed by atoms with E-state index < -0.39 is 0 Å². The summed E-state index contributed by atoms with van der Waals surface area (Å²) in [5.41, 5.74) is 7.22. The Morgan fingerprint density at radius 2 is 1.95 bits per heavy atom. The fourth-order valence-corrected chi connectivity index (χ4v) is 3.10. The van der Waals surface area contributed by atoms with Gasteiger partial charge in [-0.1, -0.05) is 0 Å². The van der Waals surface area contributed by atoms with Crippen molar-refractivity contribution in [3.05, 3.63) is 22.6 Å². The summed E-state index contributed by atoms with van der Waals surface area (Å²) in [5.74, 6) is 1.04. The van der Waals surface area contributed by atoms with E-state index in [2.05, 4.69) is 0 Å². The lowest BCUT2D eigenvalue weighted by Gasteiger charge is -2.29. The van der Waals surface area contributed by atoms with Crippen molar-refractivity contribution in [1.82, 2.24) is 4.90 Å². The molecule has 0 bridgehead atoms. The zero-order valence-corrected chi connectivity index (χ0v) is 13.0. The van der Waals surface area contributed by atoms with Crippen LogP contribution in [0, 0.1) is 6.92 Å². The number of likely N-dealkylation sites (tertiary alicyclic amines) is 1. The molecule has 1 aliphatic carbocycles. The van der Waals surface area contributed by atoms with Crippen molar-refractivity contribution in [2.24, 2.45) is 5.73 Å². The van der Waals surface area contributed by atoms with E-state index in [9.17, 15) is 9.59 Å². The highest BCUT2D eigenvalue weighted by atomic mass is 35.5. The minimum absolute atomic E-state index is 0. The Morgan fingerprint density at radius 1 is 1.29 bits per heavy atom. The Hall–Kier alpha value is -1.33. The van der Waals surface area contributed by atoms with E-state index in [1.54, 1.807) is 4.90 Å². The standard InChI is InChI=1S/C15H20N2O3.ClH/c1-9-13-11(18)3-2-4-12(13)20-14(9)15(19)17-7-5-10(16)6-8-17;/h10H,2-8,16H2,1H3;1H. The zero-order valence-electron chi connectivity index (χ0n) is 12.2. The van der Waals surface area contributed by atoms with Gasteiger partial charge in [-0.2, -0.15) is 0 Å². The van der Waals surface area contributed by atoms with Gasteiger partial charge in [0.05, 0.1) is 5.56 Å². The molecule has 2 N–H and O–H groups in total. The lowest BCUT2D eigenvalue weighted by atomic mass is 9.94. The highest BCUT2D eigenvalue weighted by molar-refractivity contribution is 6.03. The number of ketones is 1. The Labute approximate surface area is 130 Å². The molecule has 0 radical (unpaired) electrons. The second-order valence-electron chi connectivity index (χ2n) is 5.76. The van der Waals surface area contributed by atoms with Crippen LogP contribution in [-0.2, 0) is 6.42 Å². The van der Waals surface area contributed by atoms with Crippen LogP contribution in [0.4, 0.5) is 0 Å². The molecule has 0 spiro atoms. The summed E-state index contributed by atoms with van der Waals surface area (Å²) >= 11 is 0. The summed E-state index contributed by atoms with van der Waals surface area (Å²) in [7, 11) is 0. The number of rotatable bonds is 1. The monoisotopic (exact) mass is 312 g/mol. The largest absolute Gasteiger partial charge is 0.455 e. The van der Waals surface area contributed by atoms with Crippen LogP contribution in [0.25, 0.3) is 0 Å². The molecular formula is C15H21ClN2O3. The maximum Gasteiger partial charge on any atom is 0.289 e. The van der Waals surface area contributed by atoms with Gasteiger partial charge in [-0.25, -0.2) is 0 Å². The van der Waals surface area contributed by atoms with Crippen molar-refractivity contribution in [2.75, 3.05) is 13.1 Å². The number of hydrogen-bond donors (Lipinski definition) is 1. The third-order valence-corrected chi connectivity index (χ3v) is 4.33. The number of carbonyl (C=O) groups is 2. The molecule has 6 heteroatoms. The second kappa shape index (κ2) is 6.20. The maximum atomic E-state index is 12.5. The predicted octanol–water partition coefficient (Wildman–Crippen LogP) is 2.09. The number of Topliss-reactive ketones (excluding diaryl/α,β-unsaturated/α-hetero) is 1. The number of nitrogens with zero attached hydrogens (tertiary/aromatic N) is 1. The van der Waals surface area contributed by atoms with Crippen LogP contribution in [0.5, 0.6) is 0 Å². The van der Waals surface area contributed by atoms with Gasteiger partial charge in [-0.3, -0.25) is 9.59 Å². The third kappa shape index (κ3) is 2.85. The first-order valence-electron chi connectivity index (χ1n) is 7.28. The van der Waals surface area contributed by atoms with Crippen molar-refractivity contribution in [3.63, 3.8) is 0 Å². The summed E-state index contributed by atoms with van der Waals surface area (Å²) in [6.07, 6.45) is 3.76. The lowest BCUT2D eigenvalue weighted by Crippen LogP contribution is -2.42. The Kier molecular flexibility index (Phi) is 4.74. The van der Waals surface area contributed by atoms with Gasteiger partial charge < -0.3 is 15.1 Å². The Morgan fingerprint density at radius 3 is 2.57 bits per heavy atom. The summed E-state index contributed by atoms with van der Waals surface area (Å²) in [5, 5.41) is 0. The average molecular weight is 313 g/mol. The fraction of sp³-hybridized carbons (Fsp3) is 0.600. The van der Waals surface area contributed by atoms with E-state index in [4.69, 9.17) is 10.2 Å². The van der Waals surface area contributed by atoms with Crippen molar-refractivity contribution in [2.45, 2.75) is 45.1 Å². The van der Waals surface area contributed by atoms with Gasteiger partial charge in [0, 0.05) is 37.5 Å². The highest BCUT2D eigenvalue weighted by Gasteiger charge is 2.31. The average Bonchev–Trinajstić information content (AvgIpc) is 2.77. The number of hydrogen-bond acceptors (Lipinski definition) is 4. The van der Waals surface area contributed by atoms with Crippen LogP contribution in [-0.4, -0.2) is 35.7 Å². The van der Waals surface area contributed by atoms with Gasteiger partial charge in [0.1, 0.15) is 5.76 Å². The molecule has 1 aromatic rings. The molecule has 1 aromatic heterocycles. The molecule has 1 aliphatic heterocycles. The van der Waals surface area contributed by atoms with Gasteiger partial charge in [0.15, 0.2) is 11.5 Å². The second-order valence-corrected chi connectivity index (χ2v) is 5.76. The number of nitrogens with two attached hydrogens (primary N) is 1. The van der Waals surface area contributed by atoms with Crippen LogP contribution < -0.4 is 5.73 Å². The first kappa shape index (κ1) is 16.0. The number of fused-ring (bicyclic) bond motifs is 1. The van der Waals surface area contributed by atoms with Crippen molar-refractivity contribution < 1.29 is 14.0 Å². The molecular weight excluding hydrogens is 292 g/mol. The molecule has 0 saturated carbocycles. The quantitative estimate of drug-likeness (QED) is 0.861. The Bertz CT molecular complexity index is 560. The van der Waals surface area contributed by atoms with Crippen LogP contribution >= 0.6 is 12.4 Å². The molecule has 3 rings (SSSR count). The van der Waals surface area contributed by atoms with Crippen molar-refractivity contribution >= 4 is 24.1 Å². The van der Waals surface area contributed by atoms with E-state index in [-0.39, 0.29) is 30.1 Å². The van der Waals surface area contributed by atoms with Gasteiger partial charge in [0.2, 0.25) is 0 Å². The minimum atomic E-state index is -0.100. The van der Waals surface area contributed by atoms with Crippen molar-refractivity contribution in [3.8, 4) is 0 Å². The summed E-state index contributed by atoms with van der Waals surface area (Å²) < 4.78 is 5.71. The molecule has 21 heavy (non-hydrogen) atoms. The molecule has 0 atom stereocenters.